The fourth-order valence-electron chi connectivity index (χ4n) is 1.83. The number of hydrogen-bond acceptors (Lipinski definition) is 3. The van der Waals surface area contributed by atoms with Crippen LogP contribution in [0.5, 0.6) is 0 Å². The summed E-state index contributed by atoms with van der Waals surface area (Å²) in [6.07, 6.45) is -0.821. The Hall–Kier alpha value is -2.11. The molecule has 21 heavy (non-hydrogen) atoms. The average molecular weight is 310 g/mol. The fraction of sp³-hybridized carbons (Fsp3) is 0.133. The number of carboxylic acid groups (broad SMARTS) is 1. The number of benzene rings is 2. The molecule has 0 amide bonds. The predicted octanol–water partition coefficient (Wildman–Crippen LogP) is 3.32. The summed E-state index contributed by atoms with van der Waals surface area (Å²) in [5, 5.41) is 22.2. The number of aliphatic hydroxyl groups excluding tert-OH is 1. The van der Waals surface area contributed by atoms with Gasteiger partial charge in [-0.15, -0.1) is 0 Å². The van der Waals surface area contributed by atoms with Crippen LogP contribution >= 0.6 is 11.6 Å². The van der Waals surface area contributed by atoms with E-state index in [9.17, 15) is 14.3 Å². The van der Waals surface area contributed by atoms with Gasteiger partial charge in [0.15, 0.2) is 0 Å². The van der Waals surface area contributed by atoms with Crippen molar-refractivity contribution in [3.8, 4) is 0 Å². The minimum atomic E-state index is -1.21. The van der Waals surface area contributed by atoms with Crippen molar-refractivity contribution in [1.82, 2.24) is 0 Å². The van der Waals surface area contributed by atoms with Gasteiger partial charge >= 0.3 is 5.97 Å². The van der Waals surface area contributed by atoms with Gasteiger partial charge in [-0.3, -0.25) is 0 Å². The Balaban J connectivity index is 2.05. The molecule has 110 valence electrons. The van der Waals surface area contributed by atoms with Gasteiger partial charge in [0.2, 0.25) is 0 Å². The number of aromatic carboxylic acids is 1. The third-order valence-corrected chi connectivity index (χ3v) is 3.15. The SMILES string of the molecule is O=C(O)c1cc(F)cc(NCC(O)c2ccc(Cl)cc2)c1. The van der Waals surface area contributed by atoms with Crippen LogP contribution in [0.15, 0.2) is 42.5 Å². The summed E-state index contributed by atoms with van der Waals surface area (Å²) in [6, 6.07) is 10.1. The highest BCUT2D eigenvalue weighted by Gasteiger charge is 2.10. The summed E-state index contributed by atoms with van der Waals surface area (Å²) in [5.74, 6) is -1.87. The molecule has 0 fully saturated rings. The molecule has 0 aromatic heterocycles. The Kier molecular flexibility index (Phi) is 4.77. The van der Waals surface area contributed by atoms with Gasteiger partial charge in [-0.05, 0) is 35.9 Å². The Morgan fingerprint density at radius 2 is 1.90 bits per heavy atom. The van der Waals surface area contributed by atoms with Crippen molar-refractivity contribution in [2.75, 3.05) is 11.9 Å². The lowest BCUT2D eigenvalue weighted by Crippen LogP contribution is -2.12. The highest BCUT2D eigenvalue weighted by atomic mass is 35.5. The van der Waals surface area contributed by atoms with E-state index in [2.05, 4.69) is 5.32 Å². The van der Waals surface area contributed by atoms with Crippen LogP contribution in [-0.2, 0) is 0 Å². The third-order valence-electron chi connectivity index (χ3n) is 2.90. The van der Waals surface area contributed by atoms with Crippen LogP contribution in [0.25, 0.3) is 0 Å². The lowest BCUT2D eigenvalue weighted by atomic mass is 10.1. The fourth-order valence-corrected chi connectivity index (χ4v) is 1.96. The first-order chi connectivity index (χ1) is 9.95. The van der Waals surface area contributed by atoms with Crippen molar-refractivity contribution in [3.63, 3.8) is 0 Å². The molecule has 3 N–H and O–H groups in total. The molecule has 0 saturated carbocycles. The monoisotopic (exact) mass is 309 g/mol. The van der Waals surface area contributed by atoms with Gasteiger partial charge in [-0.1, -0.05) is 23.7 Å². The molecule has 0 aliphatic carbocycles. The van der Waals surface area contributed by atoms with E-state index in [1.165, 1.54) is 12.1 Å². The smallest absolute Gasteiger partial charge is 0.335 e. The van der Waals surface area contributed by atoms with Crippen LogP contribution in [-0.4, -0.2) is 22.7 Å². The minimum Gasteiger partial charge on any atom is -0.478 e. The van der Waals surface area contributed by atoms with Crippen molar-refractivity contribution in [2.24, 2.45) is 0 Å². The number of hydrogen-bond donors (Lipinski definition) is 3. The van der Waals surface area contributed by atoms with Gasteiger partial charge in [0.25, 0.3) is 0 Å². The van der Waals surface area contributed by atoms with Crippen molar-refractivity contribution in [3.05, 3.63) is 64.4 Å². The van der Waals surface area contributed by atoms with Crippen molar-refractivity contribution < 1.29 is 19.4 Å². The Labute approximate surface area is 125 Å². The molecule has 0 bridgehead atoms. The Bertz CT molecular complexity index is 646. The molecule has 0 spiro atoms. The summed E-state index contributed by atoms with van der Waals surface area (Å²) in [5.41, 5.74) is 0.792. The minimum absolute atomic E-state index is 0.115. The van der Waals surface area contributed by atoms with Crippen LogP contribution < -0.4 is 5.32 Å². The highest BCUT2D eigenvalue weighted by Crippen LogP contribution is 2.19. The van der Waals surface area contributed by atoms with E-state index in [0.29, 0.717) is 16.3 Å². The quantitative estimate of drug-likeness (QED) is 0.792. The van der Waals surface area contributed by atoms with E-state index in [-0.39, 0.29) is 12.1 Å². The predicted molar refractivity (Wildman–Crippen MR) is 78.3 cm³/mol. The Morgan fingerprint density at radius 3 is 2.52 bits per heavy atom. The Morgan fingerprint density at radius 1 is 1.24 bits per heavy atom. The number of anilines is 1. The number of halogens is 2. The van der Waals surface area contributed by atoms with Gasteiger partial charge in [0.05, 0.1) is 11.7 Å². The van der Waals surface area contributed by atoms with Crippen LogP contribution in [0.3, 0.4) is 0 Å². The molecule has 2 rings (SSSR count). The summed E-state index contributed by atoms with van der Waals surface area (Å²) in [4.78, 5) is 10.8. The summed E-state index contributed by atoms with van der Waals surface area (Å²) >= 11 is 5.76. The molecular formula is C15H13ClFNO3. The van der Waals surface area contributed by atoms with Crippen molar-refractivity contribution in [1.29, 1.82) is 0 Å². The first-order valence-electron chi connectivity index (χ1n) is 6.17. The van der Waals surface area contributed by atoms with Crippen LogP contribution in [0.2, 0.25) is 5.02 Å². The number of carboxylic acids is 1. The highest BCUT2D eigenvalue weighted by molar-refractivity contribution is 6.30. The summed E-state index contributed by atoms with van der Waals surface area (Å²) < 4.78 is 13.3. The third kappa shape index (κ3) is 4.18. The maximum Gasteiger partial charge on any atom is 0.335 e. The van der Waals surface area contributed by atoms with Gasteiger partial charge in [0, 0.05) is 17.3 Å². The zero-order valence-corrected chi connectivity index (χ0v) is 11.6. The van der Waals surface area contributed by atoms with Crippen molar-refractivity contribution >= 4 is 23.3 Å². The molecule has 0 radical (unpaired) electrons. The van der Waals surface area contributed by atoms with E-state index < -0.39 is 17.9 Å². The maximum absolute atomic E-state index is 13.3. The zero-order chi connectivity index (χ0) is 15.4. The molecule has 2 aromatic rings. The normalized spacial score (nSPS) is 12.0. The average Bonchev–Trinajstić information content (AvgIpc) is 2.45. The molecule has 2 aromatic carbocycles. The molecule has 6 heteroatoms. The van der Waals surface area contributed by atoms with Gasteiger partial charge in [-0.2, -0.15) is 0 Å². The topological polar surface area (TPSA) is 69.6 Å². The molecule has 0 aliphatic rings. The largest absolute Gasteiger partial charge is 0.478 e. The second kappa shape index (κ2) is 6.56. The number of rotatable bonds is 5. The van der Waals surface area contributed by atoms with Gasteiger partial charge in [0.1, 0.15) is 5.82 Å². The van der Waals surface area contributed by atoms with Crippen LogP contribution in [0, 0.1) is 5.82 Å². The van der Waals surface area contributed by atoms with Gasteiger partial charge in [-0.25, -0.2) is 9.18 Å². The zero-order valence-electron chi connectivity index (χ0n) is 10.9. The van der Waals surface area contributed by atoms with E-state index in [4.69, 9.17) is 16.7 Å². The molecular weight excluding hydrogens is 297 g/mol. The van der Waals surface area contributed by atoms with Crippen LogP contribution in [0.1, 0.15) is 22.0 Å². The lowest BCUT2D eigenvalue weighted by Gasteiger charge is -2.13. The van der Waals surface area contributed by atoms with Crippen molar-refractivity contribution in [2.45, 2.75) is 6.10 Å². The molecule has 4 nitrogen and oxygen atoms in total. The molecule has 1 unspecified atom stereocenters. The number of nitrogens with one attached hydrogen (secondary N) is 1. The first-order valence-corrected chi connectivity index (χ1v) is 6.55. The van der Waals surface area contributed by atoms with E-state index in [1.807, 2.05) is 0 Å². The van der Waals surface area contributed by atoms with E-state index >= 15 is 0 Å². The molecule has 0 heterocycles. The van der Waals surface area contributed by atoms with Crippen LogP contribution in [0.4, 0.5) is 10.1 Å². The summed E-state index contributed by atoms with van der Waals surface area (Å²) in [6.45, 7) is 0.115. The van der Waals surface area contributed by atoms with E-state index in [1.54, 1.807) is 24.3 Å². The second-order valence-corrected chi connectivity index (χ2v) is 4.92. The number of carbonyl (C=O) groups is 1. The maximum atomic E-state index is 13.3. The summed E-state index contributed by atoms with van der Waals surface area (Å²) in [7, 11) is 0. The molecule has 1 atom stereocenters. The van der Waals surface area contributed by atoms with E-state index in [0.717, 1.165) is 6.07 Å². The standard InChI is InChI=1S/C15H13ClFNO3/c16-11-3-1-9(2-4-11)14(19)8-18-13-6-10(15(20)21)5-12(17)7-13/h1-7,14,18-19H,8H2,(H,20,21). The molecule has 0 aliphatic heterocycles. The van der Waals surface area contributed by atoms with Gasteiger partial charge < -0.3 is 15.5 Å². The number of aliphatic hydroxyl groups is 1. The second-order valence-electron chi connectivity index (χ2n) is 4.48. The first kappa shape index (κ1) is 15.3. The molecule has 0 saturated heterocycles. The lowest BCUT2D eigenvalue weighted by molar-refractivity contribution is 0.0696.